The van der Waals surface area contributed by atoms with E-state index in [0.29, 0.717) is 6.04 Å². The lowest BCUT2D eigenvalue weighted by atomic mass is 10.2. The normalized spacial score (nSPS) is 11.1. The molecule has 4 heteroatoms. The largest absolute Gasteiger partial charge is 0.489 e. The number of para-hydroxylation sites is 1. The van der Waals surface area contributed by atoms with E-state index in [-0.39, 0.29) is 6.10 Å². The number of nitrogens with two attached hydrogens (primary N) is 1. The molecule has 0 amide bonds. The van der Waals surface area contributed by atoms with Crippen LogP contribution in [0.5, 0.6) is 5.75 Å². The number of rotatable bonds is 6. The van der Waals surface area contributed by atoms with Crippen LogP contribution < -0.4 is 15.4 Å². The van der Waals surface area contributed by atoms with Crippen LogP contribution >= 0.6 is 11.3 Å². The molecule has 0 aliphatic carbocycles. The monoisotopic (exact) mass is 304 g/mol. The zero-order valence-electron chi connectivity index (χ0n) is 13.2. The lowest BCUT2D eigenvalue weighted by molar-refractivity contribution is 0.244. The Morgan fingerprint density at radius 2 is 1.90 bits per heavy atom. The molecule has 1 aromatic heterocycles. The van der Waals surface area contributed by atoms with E-state index in [2.05, 4.69) is 42.3 Å². The van der Waals surface area contributed by atoms with E-state index in [4.69, 9.17) is 10.5 Å². The van der Waals surface area contributed by atoms with E-state index in [1.165, 1.54) is 4.88 Å². The predicted octanol–water partition coefficient (Wildman–Crippen LogP) is 4.53. The Morgan fingerprint density at radius 3 is 2.48 bits per heavy atom. The first-order valence-electron chi connectivity index (χ1n) is 7.33. The van der Waals surface area contributed by atoms with Crippen LogP contribution in [-0.4, -0.2) is 12.1 Å². The van der Waals surface area contributed by atoms with Gasteiger partial charge in [-0.25, -0.2) is 0 Å². The van der Waals surface area contributed by atoms with Crippen LogP contribution in [0.2, 0.25) is 0 Å². The Morgan fingerprint density at radius 1 is 1.14 bits per heavy atom. The van der Waals surface area contributed by atoms with Crippen molar-refractivity contribution in [3.8, 4) is 5.75 Å². The van der Waals surface area contributed by atoms with Crippen molar-refractivity contribution < 1.29 is 4.74 Å². The van der Waals surface area contributed by atoms with Crippen molar-refractivity contribution in [1.29, 1.82) is 0 Å². The van der Waals surface area contributed by atoms with Gasteiger partial charge in [-0.2, -0.15) is 0 Å². The third kappa shape index (κ3) is 3.91. The van der Waals surface area contributed by atoms with Gasteiger partial charge in [0.25, 0.3) is 0 Å². The average Bonchev–Trinajstić information content (AvgIpc) is 2.91. The van der Waals surface area contributed by atoms with Crippen molar-refractivity contribution in [3.05, 3.63) is 40.6 Å². The van der Waals surface area contributed by atoms with Crippen LogP contribution in [0.4, 0.5) is 11.4 Å². The first-order valence-corrected chi connectivity index (χ1v) is 8.21. The lowest BCUT2D eigenvalue weighted by Gasteiger charge is -2.30. The lowest BCUT2D eigenvalue weighted by Crippen LogP contribution is -2.30. The summed E-state index contributed by atoms with van der Waals surface area (Å²) in [6.45, 7) is 9.26. The van der Waals surface area contributed by atoms with E-state index in [9.17, 15) is 0 Å². The summed E-state index contributed by atoms with van der Waals surface area (Å²) in [6.07, 6.45) is 0.118. The minimum absolute atomic E-state index is 0.118. The first-order chi connectivity index (χ1) is 9.99. The molecule has 2 rings (SSSR count). The standard InChI is InChI=1S/C17H24N2OS/c1-12(2)19(11-14-7-6-10-21-14)15-8-5-9-16(17(15)18)20-13(3)4/h5-10,12-13H,11,18H2,1-4H3. The summed E-state index contributed by atoms with van der Waals surface area (Å²) in [5.74, 6) is 0.763. The number of thiophene rings is 1. The van der Waals surface area contributed by atoms with Gasteiger partial charge in [-0.05, 0) is 51.3 Å². The second kappa shape index (κ2) is 6.85. The van der Waals surface area contributed by atoms with E-state index >= 15 is 0 Å². The van der Waals surface area contributed by atoms with Crippen molar-refractivity contribution in [2.75, 3.05) is 10.6 Å². The van der Waals surface area contributed by atoms with Crippen LogP contribution in [0.3, 0.4) is 0 Å². The van der Waals surface area contributed by atoms with Gasteiger partial charge in [0.15, 0.2) is 0 Å². The number of hydrogen-bond donors (Lipinski definition) is 1. The number of anilines is 2. The molecule has 0 bridgehead atoms. The van der Waals surface area contributed by atoms with Crippen LogP contribution in [0.25, 0.3) is 0 Å². The van der Waals surface area contributed by atoms with E-state index < -0.39 is 0 Å². The van der Waals surface area contributed by atoms with Gasteiger partial charge >= 0.3 is 0 Å². The van der Waals surface area contributed by atoms with Gasteiger partial charge in [-0.1, -0.05) is 12.1 Å². The summed E-state index contributed by atoms with van der Waals surface area (Å²) < 4.78 is 5.80. The third-order valence-corrected chi connectivity index (χ3v) is 4.11. The summed E-state index contributed by atoms with van der Waals surface area (Å²) in [4.78, 5) is 3.65. The Balaban J connectivity index is 2.32. The van der Waals surface area contributed by atoms with Gasteiger partial charge in [0.2, 0.25) is 0 Å². The summed E-state index contributed by atoms with van der Waals surface area (Å²) in [7, 11) is 0. The molecule has 0 saturated carbocycles. The molecule has 0 saturated heterocycles. The Hall–Kier alpha value is -1.68. The molecule has 3 nitrogen and oxygen atoms in total. The highest BCUT2D eigenvalue weighted by Crippen LogP contribution is 2.35. The van der Waals surface area contributed by atoms with Crippen molar-refractivity contribution in [1.82, 2.24) is 0 Å². The van der Waals surface area contributed by atoms with Crippen molar-refractivity contribution in [3.63, 3.8) is 0 Å². The molecule has 2 N–H and O–H groups in total. The van der Waals surface area contributed by atoms with Crippen molar-refractivity contribution >= 4 is 22.7 Å². The minimum atomic E-state index is 0.118. The van der Waals surface area contributed by atoms with Gasteiger partial charge in [0.05, 0.1) is 24.0 Å². The number of nitrogen functional groups attached to an aromatic ring is 1. The maximum absolute atomic E-state index is 6.34. The molecule has 1 aromatic carbocycles. The number of hydrogen-bond acceptors (Lipinski definition) is 4. The fourth-order valence-electron chi connectivity index (χ4n) is 2.26. The molecule has 21 heavy (non-hydrogen) atoms. The number of ether oxygens (including phenoxy) is 1. The summed E-state index contributed by atoms with van der Waals surface area (Å²) in [6, 6.07) is 10.6. The highest BCUT2D eigenvalue weighted by Gasteiger charge is 2.17. The van der Waals surface area contributed by atoms with Crippen LogP contribution in [-0.2, 0) is 6.54 Å². The van der Waals surface area contributed by atoms with Crippen molar-refractivity contribution in [2.24, 2.45) is 0 Å². The molecule has 0 fully saturated rings. The smallest absolute Gasteiger partial charge is 0.144 e. The number of benzene rings is 1. The average molecular weight is 304 g/mol. The fourth-order valence-corrected chi connectivity index (χ4v) is 2.96. The Labute approximate surface area is 131 Å². The molecule has 0 radical (unpaired) electrons. The van der Waals surface area contributed by atoms with Gasteiger partial charge in [0.1, 0.15) is 5.75 Å². The topological polar surface area (TPSA) is 38.5 Å². The van der Waals surface area contributed by atoms with Gasteiger partial charge in [0, 0.05) is 10.9 Å². The molecule has 0 atom stereocenters. The quantitative estimate of drug-likeness (QED) is 0.797. The maximum Gasteiger partial charge on any atom is 0.144 e. The highest BCUT2D eigenvalue weighted by molar-refractivity contribution is 7.09. The minimum Gasteiger partial charge on any atom is -0.489 e. The zero-order valence-corrected chi connectivity index (χ0v) is 14.0. The molecule has 0 spiro atoms. The molecule has 1 heterocycles. The van der Waals surface area contributed by atoms with E-state index in [1.807, 2.05) is 26.0 Å². The van der Waals surface area contributed by atoms with Gasteiger partial charge in [-0.3, -0.25) is 0 Å². The molecule has 0 aliphatic heterocycles. The van der Waals surface area contributed by atoms with Gasteiger partial charge in [-0.15, -0.1) is 11.3 Å². The Bertz CT molecular complexity index is 564. The number of nitrogens with zero attached hydrogens (tertiary/aromatic N) is 1. The van der Waals surface area contributed by atoms with Gasteiger partial charge < -0.3 is 15.4 Å². The maximum atomic E-state index is 6.34. The molecule has 0 aliphatic rings. The molecule has 0 unspecified atom stereocenters. The summed E-state index contributed by atoms with van der Waals surface area (Å²) in [5.41, 5.74) is 8.09. The highest BCUT2D eigenvalue weighted by atomic mass is 32.1. The van der Waals surface area contributed by atoms with E-state index in [1.54, 1.807) is 11.3 Å². The molecular formula is C17H24N2OS. The second-order valence-electron chi connectivity index (χ2n) is 5.66. The molecular weight excluding hydrogens is 280 g/mol. The van der Waals surface area contributed by atoms with Crippen LogP contribution in [0.15, 0.2) is 35.7 Å². The fraction of sp³-hybridized carbons (Fsp3) is 0.412. The SMILES string of the molecule is CC(C)Oc1cccc(N(Cc2cccs2)C(C)C)c1N. The molecule has 114 valence electrons. The third-order valence-electron chi connectivity index (χ3n) is 3.24. The zero-order chi connectivity index (χ0) is 15.4. The second-order valence-corrected chi connectivity index (χ2v) is 6.69. The predicted molar refractivity (Wildman–Crippen MR) is 92.3 cm³/mol. The van der Waals surface area contributed by atoms with Crippen LogP contribution in [0.1, 0.15) is 32.6 Å². The van der Waals surface area contributed by atoms with E-state index in [0.717, 1.165) is 23.7 Å². The Kier molecular flexibility index (Phi) is 5.12. The van der Waals surface area contributed by atoms with Crippen molar-refractivity contribution in [2.45, 2.75) is 46.4 Å². The summed E-state index contributed by atoms with van der Waals surface area (Å²) >= 11 is 1.77. The summed E-state index contributed by atoms with van der Waals surface area (Å²) in [5, 5.41) is 2.11. The first kappa shape index (κ1) is 15.7. The van der Waals surface area contributed by atoms with Crippen LogP contribution in [0, 0.1) is 0 Å². The molecule has 2 aromatic rings.